The fourth-order valence-electron chi connectivity index (χ4n) is 3.67. The molecule has 2 heterocycles. The van der Waals surface area contributed by atoms with E-state index in [9.17, 15) is 4.79 Å². The van der Waals surface area contributed by atoms with Gasteiger partial charge in [-0.1, -0.05) is 53.7 Å². The largest absolute Gasteiger partial charge is 0.371 e. The summed E-state index contributed by atoms with van der Waals surface area (Å²) in [5, 5.41) is 5.22. The topological polar surface area (TPSA) is 48.5 Å². The Morgan fingerprint density at radius 2 is 1.90 bits per heavy atom. The minimum Gasteiger partial charge on any atom is -0.371 e. The first-order valence-corrected chi connectivity index (χ1v) is 11.0. The molecule has 1 fully saturated rings. The molecule has 0 spiro atoms. The molecule has 2 amide bonds. The third-order valence-corrected chi connectivity index (χ3v) is 6.80. The van der Waals surface area contributed by atoms with Crippen molar-refractivity contribution in [3.8, 4) is 0 Å². The normalized spacial score (nSPS) is 14.7. The van der Waals surface area contributed by atoms with Crippen LogP contribution in [-0.4, -0.2) is 34.5 Å². The van der Waals surface area contributed by atoms with E-state index in [0.717, 1.165) is 42.5 Å². The molecule has 0 unspecified atom stereocenters. The first-order chi connectivity index (χ1) is 14.4. The van der Waals surface area contributed by atoms with Crippen LogP contribution in [0.5, 0.6) is 0 Å². The second-order valence-corrected chi connectivity index (χ2v) is 8.74. The number of nitrogens with zero attached hydrogens (tertiary/aromatic N) is 3. The number of benzene rings is 2. The lowest BCUT2D eigenvalue weighted by molar-refractivity contribution is 0.223. The lowest BCUT2D eigenvalue weighted by Gasteiger charge is -2.37. The molecule has 0 aliphatic carbocycles. The predicted molar refractivity (Wildman–Crippen MR) is 128 cm³/mol. The van der Waals surface area contributed by atoms with E-state index in [1.165, 1.54) is 4.31 Å². The highest BCUT2D eigenvalue weighted by Crippen LogP contribution is 2.32. The number of nitrogens with one attached hydrogen (secondary N) is 1. The van der Waals surface area contributed by atoms with E-state index in [2.05, 4.69) is 28.0 Å². The van der Waals surface area contributed by atoms with Crippen molar-refractivity contribution in [2.75, 3.05) is 23.3 Å². The number of rotatable bonds is 3. The second-order valence-electron chi connectivity index (χ2n) is 7.09. The zero-order valence-corrected chi connectivity index (χ0v) is 19.0. The molecule has 156 valence electrons. The summed E-state index contributed by atoms with van der Waals surface area (Å²) < 4.78 is 1.44. The molecule has 3 aromatic rings. The number of anilines is 2. The number of thiol groups is 1. The Bertz CT molecular complexity index is 1090. The predicted octanol–water partition coefficient (Wildman–Crippen LogP) is 6.54. The van der Waals surface area contributed by atoms with Crippen molar-refractivity contribution in [2.45, 2.75) is 18.9 Å². The van der Waals surface area contributed by atoms with E-state index in [-0.39, 0.29) is 12.1 Å². The molecule has 1 aliphatic rings. The maximum absolute atomic E-state index is 12.6. The maximum Gasteiger partial charge on any atom is 0.331 e. The van der Waals surface area contributed by atoms with E-state index in [1.54, 1.807) is 24.4 Å². The lowest BCUT2D eigenvalue weighted by Crippen LogP contribution is -2.44. The van der Waals surface area contributed by atoms with Gasteiger partial charge in [0.2, 0.25) is 0 Å². The second kappa shape index (κ2) is 9.10. The average molecular weight is 482 g/mol. The average Bonchev–Trinajstić information content (AvgIpc) is 2.76. The zero-order chi connectivity index (χ0) is 21.3. The van der Waals surface area contributed by atoms with Gasteiger partial charge in [0.25, 0.3) is 0 Å². The molecule has 4 rings (SSSR count). The van der Waals surface area contributed by atoms with Crippen LogP contribution in [0.3, 0.4) is 0 Å². The summed E-state index contributed by atoms with van der Waals surface area (Å²) in [7, 11) is 0. The minimum atomic E-state index is -0.329. The number of halogens is 3. The Morgan fingerprint density at radius 1 is 1.13 bits per heavy atom. The Hall–Kier alpha value is -1.86. The summed E-state index contributed by atoms with van der Waals surface area (Å²) in [5.74, 6) is 0. The SMILES string of the molecule is O=C(Nc1cccc(Cl)c1Cl)N(S)C1CCN(c2ccnc3cc(Cl)ccc23)CC1. The maximum atomic E-state index is 12.6. The van der Waals surface area contributed by atoms with Crippen molar-refractivity contribution in [1.29, 1.82) is 0 Å². The quantitative estimate of drug-likeness (QED) is 0.417. The van der Waals surface area contributed by atoms with Crippen LogP contribution in [0.1, 0.15) is 12.8 Å². The molecule has 2 aromatic carbocycles. The van der Waals surface area contributed by atoms with Gasteiger partial charge in [0.1, 0.15) is 0 Å². The lowest BCUT2D eigenvalue weighted by atomic mass is 10.0. The smallest absolute Gasteiger partial charge is 0.331 e. The number of piperidine rings is 1. The first-order valence-electron chi connectivity index (χ1n) is 9.46. The molecule has 30 heavy (non-hydrogen) atoms. The van der Waals surface area contributed by atoms with Crippen molar-refractivity contribution < 1.29 is 4.79 Å². The van der Waals surface area contributed by atoms with Crippen LogP contribution < -0.4 is 10.2 Å². The van der Waals surface area contributed by atoms with Gasteiger partial charge in [0, 0.05) is 41.4 Å². The molecular formula is C21H19Cl3N4OS. The van der Waals surface area contributed by atoms with Crippen LogP contribution in [0.25, 0.3) is 10.9 Å². The number of aromatic nitrogens is 1. The Morgan fingerprint density at radius 3 is 2.67 bits per heavy atom. The highest BCUT2D eigenvalue weighted by Gasteiger charge is 2.27. The van der Waals surface area contributed by atoms with Crippen molar-refractivity contribution in [3.63, 3.8) is 0 Å². The molecule has 0 saturated carbocycles. The highest BCUT2D eigenvalue weighted by molar-refractivity contribution is 7.78. The third kappa shape index (κ3) is 4.42. The van der Waals surface area contributed by atoms with Crippen LogP contribution in [0.15, 0.2) is 48.7 Å². The summed E-state index contributed by atoms with van der Waals surface area (Å²) >= 11 is 22.7. The van der Waals surface area contributed by atoms with Crippen molar-refractivity contribution in [2.24, 2.45) is 0 Å². The van der Waals surface area contributed by atoms with Gasteiger partial charge in [-0.05, 0) is 49.2 Å². The molecule has 1 aliphatic heterocycles. The van der Waals surface area contributed by atoms with Crippen LogP contribution in [0, 0.1) is 0 Å². The fourth-order valence-corrected chi connectivity index (χ4v) is 4.47. The molecule has 1 saturated heterocycles. The highest BCUT2D eigenvalue weighted by atomic mass is 35.5. The Kier molecular flexibility index (Phi) is 6.48. The molecule has 5 nitrogen and oxygen atoms in total. The molecule has 9 heteroatoms. The molecule has 1 N–H and O–H groups in total. The van der Waals surface area contributed by atoms with Crippen molar-refractivity contribution in [3.05, 3.63) is 63.7 Å². The van der Waals surface area contributed by atoms with Gasteiger partial charge in [-0.15, -0.1) is 0 Å². The van der Waals surface area contributed by atoms with Gasteiger partial charge in [-0.3, -0.25) is 9.29 Å². The third-order valence-electron chi connectivity index (χ3n) is 5.23. The van der Waals surface area contributed by atoms with E-state index in [1.807, 2.05) is 24.3 Å². The van der Waals surface area contributed by atoms with E-state index in [0.29, 0.717) is 20.8 Å². The summed E-state index contributed by atoms with van der Waals surface area (Å²) in [6.07, 6.45) is 3.38. The molecule has 0 bridgehead atoms. The summed E-state index contributed by atoms with van der Waals surface area (Å²) in [6, 6.07) is 12.5. The monoisotopic (exact) mass is 480 g/mol. The van der Waals surface area contributed by atoms with E-state index in [4.69, 9.17) is 34.8 Å². The van der Waals surface area contributed by atoms with Crippen LogP contribution in [-0.2, 0) is 0 Å². The van der Waals surface area contributed by atoms with Gasteiger partial charge >= 0.3 is 6.03 Å². The van der Waals surface area contributed by atoms with Crippen LogP contribution >= 0.6 is 47.6 Å². The standard InChI is InChI=1S/C21H19Cl3N4OS/c22-13-4-5-15-18(12-13)25-9-6-19(15)27-10-7-14(8-11-27)28(30)21(29)26-17-3-1-2-16(23)20(17)24/h1-6,9,12,14,30H,7-8,10-11H2,(H,26,29). The minimum absolute atomic E-state index is 0.00471. The molecule has 0 radical (unpaired) electrons. The zero-order valence-electron chi connectivity index (χ0n) is 15.9. The van der Waals surface area contributed by atoms with Crippen LogP contribution in [0.4, 0.5) is 16.2 Å². The number of hydrogen-bond donors (Lipinski definition) is 2. The van der Waals surface area contributed by atoms with Gasteiger partial charge in [-0.25, -0.2) is 4.79 Å². The summed E-state index contributed by atoms with van der Waals surface area (Å²) in [5.41, 5.74) is 2.46. The number of urea groups is 1. The molecular weight excluding hydrogens is 463 g/mol. The number of carbonyl (C=O) groups is 1. The number of hydrogen-bond acceptors (Lipinski definition) is 4. The van der Waals surface area contributed by atoms with Gasteiger partial charge in [0.15, 0.2) is 0 Å². The summed E-state index contributed by atoms with van der Waals surface area (Å²) in [4.78, 5) is 19.4. The van der Waals surface area contributed by atoms with Crippen molar-refractivity contribution in [1.82, 2.24) is 9.29 Å². The van der Waals surface area contributed by atoms with Crippen LogP contribution in [0.2, 0.25) is 15.1 Å². The van der Waals surface area contributed by atoms with E-state index >= 15 is 0 Å². The van der Waals surface area contributed by atoms with Gasteiger partial charge < -0.3 is 10.2 Å². The molecule has 1 aromatic heterocycles. The first kappa shape index (κ1) is 21.4. The molecule has 0 atom stereocenters. The Balaban J connectivity index is 1.42. The summed E-state index contributed by atoms with van der Waals surface area (Å²) in [6.45, 7) is 1.60. The van der Waals surface area contributed by atoms with Crippen molar-refractivity contribution >= 4 is 75.9 Å². The van der Waals surface area contributed by atoms with Gasteiger partial charge in [-0.2, -0.15) is 0 Å². The number of pyridine rings is 1. The fraction of sp³-hybridized carbons (Fsp3) is 0.238. The number of carbonyl (C=O) groups excluding carboxylic acids is 1. The number of fused-ring (bicyclic) bond motifs is 1. The Labute approximate surface area is 195 Å². The van der Waals surface area contributed by atoms with Gasteiger partial charge in [0.05, 0.1) is 21.2 Å². The van der Waals surface area contributed by atoms with E-state index < -0.39 is 0 Å². The number of amides is 2.